The molecule has 1 saturated heterocycles. The largest absolute Gasteiger partial charge is 0.329 e. The van der Waals surface area contributed by atoms with Crippen molar-refractivity contribution < 1.29 is 0 Å². The second-order valence-corrected chi connectivity index (χ2v) is 7.30. The summed E-state index contributed by atoms with van der Waals surface area (Å²) >= 11 is 0. The van der Waals surface area contributed by atoms with Gasteiger partial charge in [-0.25, -0.2) is 0 Å². The summed E-state index contributed by atoms with van der Waals surface area (Å²) in [4.78, 5) is 2.85. The number of hydrogen-bond acceptors (Lipinski definition) is 2. The molecule has 2 saturated carbocycles. The Balaban J connectivity index is 1.74. The fourth-order valence-electron chi connectivity index (χ4n) is 4.56. The summed E-state index contributed by atoms with van der Waals surface area (Å²) in [6.07, 6.45) is 13.0. The summed E-state index contributed by atoms with van der Waals surface area (Å²) in [6.45, 7) is 4.61. The van der Waals surface area contributed by atoms with Crippen molar-refractivity contribution in [1.29, 1.82) is 0 Å². The van der Waals surface area contributed by atoms with E-state index < -0.39 is 0 Å². The van der Waals surface area contributed by atoms with Crippen LogP contribution in [0.4, 0.5) is 0 Å². The van der Waals surface area contributed by atoms with Gasteiger partial charge >= 0.3 is 0 Å². The Labute approximate surface area is 112 Å². The number of rotatable bonds is 4. The molecule has 0 bridgehead atoms. The topological polar surface area (TPSA) is 29.3 Å². The Morgan fingerprint density at radius 1 is 1.06 bits per heavy atom. The van der Waals surface area contributed by atoms with E-state index in [2.05, 4.69) is 11.8 Å². The molecule has 0 amide bonds. The molecule has 3 aliphatic rings. The van der Waals surface area contributed by atoms with E-state index in [1.165, 1.54) is 64.3 Å². The second-order valence-electron chi connectivity index (χ2n) is 7.30. The smallest absolute Gasteiger partial charge is 0.0309 e. The van der Waals surface area contributed by atoms with Gasteiger partial charge in [0, 0.05) is 18.1 Å². The lowest BCUT2D eigenvalue weighted by Crippen LogP contribution is -2.60. The minimum atomic E-state index is 0.293. The molecule has 18 heavy (non-hydrogen) atoms. The number of nitrogens with two attached hydrogens (primary N) is 1. The molecule has 0 aromatic carbocycles. The van der Waals surface area contributed by atoms with Crippen molar-refractivity contribution in [2.24, 2.45) is 17.6 Å². The first kappa shape index (κ1) is 12.9. The Morgan fingerprint density at radius 2 is 1.78 bits per heavy atom. The van der Waals surface area contributed by atoms with Crippen LogP contribution in [0.3, 0.4) is 0 Å². The summed E-state index contributed by atoms with van der Waals surface area (Å²) in [5.74, 6) is 1.97. The van der Waals surface area contributed by atoms with Crippen LogP contribution < -0.4 is 5.73 Å². The van der Waals surface area contributed by atoms with Crippen LogP contribution in [0, 0.1) is 11.8 Å². The van der Waals surface area contributed by atoms with E-state index in [9.17, 15) is 0 Å². The quantitative estimate of drug-likeness (QED) is 0.830. The summed E-state index contributed by atoms with van der Waals surface area (Å²) in [7, 11) is 0. The van der Waals surface area contributed by atoms with E-state index in [-0.39, 0.29) is 0 Å². The predicted molar refractivity (Wildman–Crippen MR) is 76.5 cm³/mol. The molecule has 3 rings (SSSR count). The number of hydrogen-bond donors (Lipinski definition) is 1. The van der Waals surface area contributed by atoms with Crippen LogP contribution in [-0.4, -0.2) is 29.6 Å². The second kappa shape index (κ2) is 5.13. The maximum Gasteiger partial charge on any atom is 0.0309 e. The van der Waals surface area contributed by atoms with Crippen molar-refractivity contribution >= 4 is 0 Å². The first-order valence-corrected chi connectivity index (χ1v) is 8.20. The van der Waals surface area contributed by atoms with E-state index in [4.69, 9.17) is 5.73 Å². The van der Waals surface area contributed by atoms with Crippen LogP contribution in [0.1, 0.15) is 64.7 Å². The molecule has 0 aromatic rings. The molecular weight excluding hydrogens is 220 g/mol. The maximum absolute atomic E-state index is 6.19. The molecule has 1 unspecified atom stereocenters. The van der Waals surface area contributed by atoms with Crippen molar-refractivity contribution in [3.05, 3.63) is 0 Å². The lowest BCUT2D eigenvalue weighted by molar-refractivity contribution is -0.0235. The monoisotopic (exact) mass is 250 g/mol. The van der Waals surface area contributed by atoms with E-state index in [1.54, 1.807) is 0 Å². The van der Waals surface area contributed by atoms with Gasteiger partial charge in [-0.15, -0.1) is 0 Å². The van der Waals surface area contributed by atoms with Crippen LogP contribution >= 0.6 is 0 Å². The highest BCUT2D eigenvalue weighted by atomic mass is 15.2. The summed E-state index contributed by atoms with van der Waals surface area (Å²) in [5, 5.41) is 0. The molecular formula is C16H30N2. The molecule has 2 N–H and O–H groups in total. The molecule has 3 atom stereocenters. The third-order valence-corrected chi connectivity index (χ3v) is 5.80. The summed E-state index contributed by atoms with van der Waals surface area (Å²) < 4.78 is 0. The number of fused-ring (bicyclic) bond motifs is 1. The molecule has 3 fully saturated rings. The molecule has 0 aromatic heterocycles. The minimum Gasteiger partial charge on any atom is -0.329 e. The van der Waals surface area contributed by atoms with Crippen molar-refractivity contribution in [3.63, 3.8) is 0 Å². The normalized spacial score (nSPS) is 37.0. The van der Waals surface area contributed by atoms with Gasteiger partial charge in [0.25, 0.3) is 0 Å². The molecule has 104 valence electrons. The Morgan fingerprint density at radius 3 is 2.50 bits per heavy atom. The van der Waals surface area contributed by atoms with Gasteiger partial charge in [0.2, 0.25) is 0 Å². The SMILES string of the molecule is CC(CN)(CC1CC1)N1CCC[C@H]2CCCC[C@H]21. The number of piperidine rings is 1. The molecule has 2 heteroatoms. The zero-order valence-corrected chi connectivity index (χ0v) is 12.0. The van der Waals surface area contributed by atoms with Gasteiger partial charge in [-0.1, -0.05) is 25.7 Å². The van der Waals surface area contributed by atoms with Gasteiger partial charge < -0.3 is 5.73 Å². The zero-order chi connectivity index (χ0) is 12.6. The molecule has 0 spiro atoms. The lowest BCUT2D eigenvalue weighted by atomic mass is 9.75. The van der Waals surface area contributed by atoms with Gasteiger partial charge in [0.05, 0.1) is 0 Å². The average molecular weight is 250 g/mol. The van der Waals surface area contributed by atoms with E-state index in [0.29, 0.717) is 5.54 Å². The third-order valence-electron chi connectivity index (χ3n) is 5.80. The zero-order valence-electron chi connectivity index (χ0n) is 12.0. The van der Waals surface area contributed by atoms with Crippen LogP contribution in [0.5, 0.6) is 0 Å². The molecule has 1 aliphatic heterocycles. The van der Waals surface area contributed by atoms with Gasteiger partial charge in [-0.2, -0.15) is 0 Å². The van der Waals surface area contributed by atoms with Crippen LogP contribution in [0.2, 0.25) is 0 Å². The highest BCUT2D eigenvalue weighted by molar-refractivity contribution is 4.99. The average Bonchev–Trinajstić information content (AvgIpc) is 3.21. The summed E-state index contributed by atoms with van der Waals surface area (Å²) in [5.41, 5.74) is 6.49. The van der Waals surface area contributed by atoms with E-state index in [0.717, 1.165) is 24.4 Å². The fourth-order valence-corrected chi connectivity index (χ4v) is 4.56. The highest BCUT2D eigenvalue weighted by Crippen LogP contribution is 2.43. The fraction of sp³-hybridized carbons (Fsp3) is 1.00. The molecule has 0 radical (unpaired) electrons. The predicted octanol–water partition coefficient (Wildman–Crippen LogP) is 3.16. The third kappa shape index (κ3) is 2.46. The van der Waals surface area contributed by atoms with Gasteiger partial charge in [-0.05, 0) is 57.4 Å². The first-order chi connectivity index (χ1) is 8.73. The Kier molecular flexibility index (Phi) is 3.68. The lowest BCUT2D eigenvalue weighted by Gasteiger charge is -2.52. The van der Waals surface area contributed by atoms with Crippen LogP contribution in [-0.2, 0) is 0 Å². The maximum atomic E-state index is 6.19. The Bertz CT molecular complexity index is 285. The van der Waals surface area contributed by atoms with Gasteiger partial charge in [-0.3, -0.25) is 4.90 Å². The van der Waals surface area contributed by atoms with Gasteiger partial charge in [0.1, 0.15) is 0 Å². The number of likely N-dealkylation sites (tertiary alicyclic amines) is 1. The van der Waals surface area contributed by atoms with E-state index >= 15 is 0 Å². The van der Waals surface area contributed by atoms with Gasteiger partial charge in [0.15, 0.2) is 0 Å². The van der Waals surface area contributed by atoms with Crippen molar-refractivity contribution in [3.8, 4) is 0 Å². The molecule has 2 nitrogen and oxygen atoms in total. The minimum absolute atomic E-state index is 0.293. The highest BCUT2D eigenvalue weighted by Gasteiger charge is 2.43. The Hall–Kier alpha value is -0.0800. The van der Waals surface area contributed by atoms with E-state index in [1.807, 2.05) is 0 Å². The first-order valence-electron chi connectivity index (χ1n) is 8.20. The summed E-state index contributed by atoms with van der Waals surface area (Å²) in [6, 6.07) is 0.861. The van der Waals surface area contributed by atoms with Crippen LogP contribution in [0.15, 0.2) is 0 Å². The molecule has 2 aliphatic carbocycles. The molecule has 1 heterocycles. The standard InChI is InChI=1S/C16H30N2/c1-16(12-17,11-13-8-9-13)18-10-4-6-14-5-2-3-7-15(14)18/h13-15H,2-12,17H2,1H3/t14-,15-,16?/m1/s1. The van der Waals surface area contributed by atoms with Crippen molar-refractivity contribution in [1.82, 2.24) is 4.90 Å². The van der Waals surface area contributed by atoms with Crippen molar-refractivity contribution in [2.45, 2.75) is 76.3 Å². The van der Waals surface area contributed by atoms with Crippen molar-refractivity contribution in [2.75, 3.05) is 13.1 Å². The van der Waals surface area contributed by atoms with Crippen LogP contribution in [0.25, 0.3) is 0 Å². The number of nitrogens with zero attached hydrogens (tertiary/aromatic N) is 1.